The van der Waals surface area contributed by atoms with Gasteiger partial charge in [-0.25, -0.2) is 4.98 Å². The van der Waals surface area contributed by atoms with Crippen LogP contribution >= 0.6 is 23.1 Å². The second-order valence-corrected chi connectivity index (χ2v) is 5.73. The number of thiazole rings is 1. The summed E-state index contributed by atoms with van der Waals surface area (Å²) in [6, 6.07) is 0. The molecular weight excluding hydrogens is 198 g/mol. The predicted octanol–water partition coefficient (Wildman–Crippen LogP) is 3.74. The predicted molar refractivity (Wildman–Crippen MR) is 62.5 cm³/mol. The Kier molecular flexibility index (Phi) is 4.81. The highest BCUT2D eigenvalue weighted by molar-refractivity contribution is 7.99. The summed E-state index contributed by atoms with van der Waals surface area (Å²) in [6.07, 6.45) is 4.37. The van der Waals surface area contributed by atoms with Gasteiger partial charge in [-0.3, -0.25) is 0 Å². The Balaban J connectivity index is 2.36. The molecular formula is C10H17NS2. The second-order valence-electron chi connectivity index (χ2n) is 3.10. The summed E-state index contributed by atoms with van der Waals surface area (Å²) in [5, 5.41) is 2.04. The van der Waals surface area contributed by atoms with Crippen molar-refractivity contribution in [2.45, 2.75) is 44.6 Å². The molecule has 1 nitrogen and oxygen atoms in total. The molecule has 74 valence electrons. The Hall–Kier alpha value is -0.0200. The third-order valence-electron chi connectivity index (χ3n) is 2.02. The fraction of sp³-hybridized carbons (Fsp3) is 0.700. The van der Waals surface area contributed by atoms with Gasteiger partial charge in [0.15, 0.2) is 0 Å². The number of hydrogen-bond acceptors (Lipinski definition) is 3. The number of nitrogens with zero attached hydrogens (tertiary/aromatic N) is 1. The van der Waals surface area contributed by atoms with Crippen LogP contribution in [0.25, 0.3) is 0 Å². The lowest BCUT2D eigenvalue weighted by atomic mass is 10.4. The van der Waals surface area contributed by atoms with Crippen LogP contribution in [0.3, 0.4) is 0 Å². The Morgan fingerprint density at radius 1 is 1.54 bits per heavy atom. The molecule has 1 atom stereocenters. The van der Waals surface area contributed by atoms with Crippen LogP contribution in [0.15, 0.2) is 6.20 Å². The summed E-state index contributed by atoms with van der Waals surface area (Å²) in [6.45, 7) is 6.69. The van der Waals surface area contributed by atoms with Gasteiger partial charge in [0.2, 0.25) is 0 Å². The first kappa shape index (κ1) is 11.1. The minimum atomic E-state index is 0.758. The van der Waals surface area contributed by atoms with Crippen molar-refractivity contribution >= 4 is 23.1 Å². The molecule has 13 heavy (non-hydrogen) atoms. The van der Waals surface area contributed by atoms with Gasteiger partial charge in [0.1, 0.15) is 5.01 Å². The van der Waals surface area contributed by atoms with Gasteiger partial charge in [-0.05, 0) is 12.8 Å². The first-order chi connectivity index (χ1) is 6.26. The quantitative estimate of drug-likeness (QED) is 0.742. The number of hydrogen-bond donors (Lipinski definition) is 0. The Morgan fingerprint density at radius 3 is 2.85 bits per heavy atom. The summed E-state index contributed by atoms with van der Waals surface area (Å²) < 4.78 is 0. The third-order valence-corrected chi connectivity index (χ3v) is 4.68. The molecule has 0 aromatic carbocycles. The molecule has 0 aliphatic rings. The van der Waals surface area contributed by atoms with Crippen LogP contribution in [0.2, 0.25) is 0 Å². The fourth-order valence-electron chi connectivity index (χ4n) is 0.910. The molecule has 0 aliphatic heterocycles. The molecule has 1 heterocycles. The van der Waals surface area contributed by atoms with E-state index >= 15 is 0 Å². The molecule has 0 aliphatic carbocycles. The number of aromatic nitrogens is 1. The van der Waals surface area contributed by atoms with E-state index in [1.807, 2.05) is 29.3 Å². The van der Waals surface area contributed by atoms with Gasteiger partial charge < -0.3 is 0 Å². The maximum atomic E-state index is 4.39. The van der Waals surface area contributed by atoms with Crippen molar-refractivity contribution in [3.05, 3.63) is 16.1 Å². The van der Waals surface area contributed by atoms with Gasteiger partial charge in [0, 0.05) is 22.1 Å². The molecule has 1 unspecified atom stereocenters. The standard InChI is InChI=1S/C10H17NS2/c1-4-8(3)12-7-10-11-6-9(5-2)13-10/h6,8H,4-5,7H2,1-3H3. The van der Waals surface area contributed by atoms with E-state index in [0.717, 1.165) is 17.4 Å². The molecule has 1 aromatic rings. The molecule has 0 spiro atoms. The number of thioether (sulfide) groups is 1. The van der Waals surface area contributed by atoms with E-state index in [2.05, 4.69) is 25.8 Å². The first-order valence-corrected chi connectivity index (χ1v) is 6.68. The van der Waals surface area contributed by atoms with Crippen LogP contribution in [0.5, 0.6) is 0 Å². The Bertz CT molecular complexity index is 245. The van der Waals surface area contributed by atoms with Crippen molar-refractivity contribution in [1.82, 2.24) is 4.98 Å². The number of rotatable bonds is 5. The van der Waals surface area contributed by atoms with E-state index in [0.29, 0.717) is 0 Å². The summed E-state index contributed by atoms with van der Waals surface area (Å²) in [5.74, 6) is 1.08. The molecule has 0 fully saturated rings. The molecule has 0 bridgehead atoms. The zero-order chi connectivity index (χ0) is 9.68. The van der Waals surface area contributed by atoms with E-state index in [4.69, 9.17) is 0 Å². The second kappa shape index (κ2) is 5.66. The molecule has 0 saturated heterocycles. The van der Waals surface area contributed by atoms with Crippen molar-refractivity contribution in [2.24, 2.45) is 0 Å². The molecule has 0 saturated carbocycles. The highest BCUT2D eigenvalue weighted by Gasteiger charge is 2.03. The highest BCUT2D eigenvalue weighted by Crippen LogP contribution is 2.23. The van der Waals surface area contributed by atoms with Crippen LogP contribution in [0.4, 0.5) is 0 Å². The molecule has 3 heteroatoms. The molecule has 0 amide bonds. The van der Waals surface area contributed by atoms with Crippen molar-refractivity contribution in [2.75, 3.05) is 0 Å². The monoisotopic (exact) mass is 215 g/mol. The lowest BCUT2D eigenvalue weighted by Gasteiger charge is -2.04. The van der Waals surface area contributed by atoms with Crippen molar-refractivity contribution in [3.63, 3.8) is 0 Å². The summed E-state index contributed by atoms with van der Waals surface area (Å²) in [7, 11) is 0. The summed E-state index contributed by atoms with van der Waals surface area (Å²) in [5.41, 5.74) is 0. The van der Waals surface area contributed by atoms with Crippen molar-refractivity contribution in [3.8, 4) is 0 Å². The van der Waals surface area contributed by atoms with Gasteiger partial charge in [0.25, 0.3) is 0 Å². The van der Waals surface area contributed by atoms with E-state index in [-0.39, 0.29) is 0 Å². The lowest BCUT2D eigenvalue weighted by Crippen LogP contribution is -1.92. The van der Waals surface area contributed by atoms with E-state index < -0.39 is 0 Å². The maximum absolute atomic E-state index is 4.39. The lowest BCUT2D eigenvalue weighted by molar-refractivity contribution is 0.905. The van der Waals surface area contributed by atoms with Crippen LogP contribution in [-0.2, 0) is 12.2 Å². The molecule has 0 N–H and O–H groups in total. The minimum Gasteiger partial charge on any atom is -0.249 e. The largest absolute Gasteiger partial charge is 0.249 e. The van der Waals surface area contributed by atoms with Crippen LogP contribution in [-0.4, -0.2) is 10.2 Å². The average molecular weight is 215 g/mol. The summed E-state index contributed by atoms with van der Waals surface area (Å²) >= 11 is 3.85. The summed E-state index contributed by atoms with van der Waals surface area (Å²) in [4.78, 5) is 5.79. The molecule has 1 rings (SSSR count). The van der Waals surface area contributed by atoms with Crippen molar-refractivity contribution < 1.29 is 0 Å². The smallest absolute Gasteiger partial charge is 0.103 e. The maximum Gasteiger partial charge on any atom is 0.103 e. The highest BCUT2D eigenvalue weighted by atomic mass is 32.2. The van der Waals surface area contributed by atoms with Crippen LogP contribution < -0.4 is 0 Å². The van der Waals surface area contributed by atoms with Gasteiger partial charge in [-0.2, -0.15) is 11.8 Å². The fourth-order valence-corrected chi connectivity index (χ4v) is 2.74. The van der Waals surface area contributed by atoms with E-state index in [1.165, 1.54) is 16.3 Å². The normalized spacial score (nSPS) is 13.2. The van der Waals surface area contributed by atoms with E-state index in [9.17, 15) is 0 Å². The van der Waals surface area contributed by atoms with Crippen molar-refractivity contribution in [1.29, 1.82) is 0 Å². The SMILES string of the molecule is CCc1cnc(CSC(C)CC)s1. The van der Waals surface area contributed by atoms with Gasteiger partial charge in [-0.1, -0.05) is 20.8 Å². The minimum absolute atomic E-state index is 0.758. The van der Waals surface area contributed by atoms with Crippen LogP contribution in [0.1, 0.15) is 37.1 Å². The molecule has 1 aromatic heterocycles. The van der Waals surface area contributed by atoms with Gasteiger partial charge in [-0.15, -0.1) is 11.3 Å². The molecule has 0 radical (unpaired) electrons. The average Bonchev–Trinajstić information content (AvgIpc) is 2.61. The van der Waals surface area contributed by atoms with Crippen LogP contribution in [0, 0.1) is 0 Å². The first-order valence-electron chi connectivity index (χ1n) is 4.81. The Labute approximate surface area is 89.0 Å². The zero-order valence-corrected chi connectivity index (χ0v) is 10.2. The van der Waals surface area contributed by atoms with Gasteiger partial charge >= 0.3 is 0 Å². The Morgan fingerprint density at radius 2 is 2.31 bits per heavy atom. The number of aryl methyl sites for hydroxylation is 1. The van der Waals surface area contributed by atoms with E-state index in [1.54, 1.807) is 0 Å². The van der Waals surface area contributed by atoms with Gasteiger partial charge in [0.05, 0.1) is 0 Å². The third kappa shape index (κ3) is 3.69. The topological polar surface area (TPSA) is 12.9 Å². The zero-order valence-electron chi connectivity index (χ0n) is 8.54.